The molecule has 0 heterocycles. The molecule has 0 saturated heterocycles. The van der Waals surface area contributed by atoms with E-state index in [4.69, 9.17) is 11.6 Å². The minimum atomic E-state index is -0.347. The molecule has 1 aliphatic rings. The van der Waals surface area contributed by atoms with Crippen LogP contribution in [-0.4, -0.2) is 6.04 Å². The summed E-state index contributed by atoms with van der Waals surface area (Å²) in [4.78, 5) is 0. The van der Waals surface area contributed by atoms with Crippen molar-refractivity contribution in [2.45, 2.75) is 38.8 Å². The first-order valence-corrected chi connectivity index (χ1v) is 6.25. The lowest BCUT2D eigenvalue weighted by Gasteiger charge is -2.05. The van der Waals surface area contributed by atoms with Gasteiger partial charge in [-0.1, -0.05) is 31.0 Å². The summed E-state index contributed by atoms with van der Waals surface area (Å²) in [6, 6.07) is 5.56. The number of rotatable bonds is 5. The van der Waals surface area contributed by atoms with Crippen molar-refractivity contribution in [1.82, 2.24) is 5.32 Å². The summed E-state index contributed by atoms with van der Waals surface area (Å²) >= 11 is 5.72. The number of benzene rings is 1. The molecule has 1 nitrogen and oxygen atoms in total. The van der Waals surface area contributed by atoms with Crippen LogP contribution in [0.5, 0.6) is 0 Å². The van der Waals surface area contributed by atoms with Crippen LogP contribution in [0, 0.1) is 11.7 Å². The lowest BCUT2D eigenvalue weighted by Crippen LogP contribution is -2.17. The third kappa shape index (κ3) is 2.96. The van der Waals surface area contributed by atoms with Crippen LogP contribution in [0.2, 0.25) is 5.02 Å². The lowest BCUT2D eigenvalue weighted by atomic mass is 10.2. The molecule has 0 radical (unpaired) electrons. The van der Waals surface area contributed by atoms with Crippen molar-refractivity contribution in [3.05, 3.63) is 34.6 Å². The highest BCUT2D eigenvalue weighted by Crippen LogP contribution is 2.34. The van der Waals surface area contributed by atoms with Crippen molar-refractivity contribution in [1.29, 1.82) is 0 Å². The molecule has 1 aliphatic carbocycles. The minimum Gasteiger partial charge on any atom is -0.310 e. The zero-order valence-corrected chi connectivity index (χ0v) is 10.2. The van der Waals surface area contributed by atoms with Crippen LogP contribution in [0.1, 0.15) is 31.7 Å². The predicted octanol–water partition coefficient (Wildman–Crippen LogP) is 3.76. The molecule has 3 heteroatoms. The normalized spacial score (nSPS) is 23.4. The number of hydrogen-bond donors (Lipinski definition) is 1. The summed E-state index contributed by atoms with van der Waals surface area (Å²) in [6.45, 7) is 3.00. The van der Waals surface area contributed by atoms with E-state index in [2.05, 4.69) is 12.2 Å². The summed E-state index contributed by atoms with van der Waals surface area (Å²) in [6.07, 6.45) is 3.84. The van der Waals surface area contributed by atoms with Crippen LogP contribution in [0.25, 0.3) is 0 Å². The Bertz CT molecular complexity index is 367. The van der Waals surface area contributed by atoms with Crippen molar-refractivity contribution in [3.8, 4) is 0 Å². The molecule has 88 valence electrons. The topological polar surface area (TPSA) is 12.0 Å². The van der Waals surface area contributed by atoms with E-state index >= 15 is 0 Å². The van der Waals surface area contributed by atoms with E-state index in [1.165, 1.54) is 25.3 Å². The highest BCUT2D eigenvalue weighted by Gasteiger charge is 2.35. The molecule has 16 heavy (non-hydrogen) atoms. The Kier molecular flexibility index (Phi) is 3.82. The molecule has 0 aromatic heterocycles. The standard InChI is InChI=1S/C13H17ClFN/c1-2-3-10-7-13(10)16-8-9-4-5-12(15)11(14)6-9/h4-6,10,13,16H,2-3,7-8H2,1H3. The number of nitrogens with one attached hydrogen (secondary N) is 1. The Labute approximate surface area is 101 Å². The highest BCUT2D eigenvalue weighted by molar-refractivity contribution is 6.30. The van der Waals surface area contributed by atoms with Gasteiger partial charge in [-0.15, -0.1) is 0 Å². The number of halogens is 2. The minimum absolute atomic E-state index is 0.209. The maximum Gasteiger partial charge on any atom is 0.141 e. The van der Waals surface area contributed by atoms with Gasteiger partial charge in [-0.25, -0.2) is 4.39 Å². The zero-order chi connectivity index (χ0) is 11.5. The first-order valence-electron chi connectivity index (χ1n) is 5.88. The molecule has 1 saturated carbocycles. The van der Waals surface area contributed by atoms with Gasteiger partial charge in [0.05, 0.1) is 5.02 Å². The molecule has 1 aromatic rings. The molecule has 0 amide bonds. The third-order valence-electron chi connectivity index (χ3n) is 3.13. The fourth-order valence-electron chi connectivity index (χ4n) is 2.09. The zero-order valence-electron chi connectivity index (χ0n) is 9.47. The predicted molar refractivity (Wildman–Crippen MR) is 65.1 cm³/mol. The van der Waals surface area contributed by atoms with E-state index in [0.29, 0.717) is 6.04 Å². The second-order valence-corrected chi connectivity index (χ2v) is 4.93. The van der Waals surface area contributed by atoms with E-state index in [0.717, 1.165) is 18.0 Å². The van der Waals surface area contributed by atoms with Gasteiger partial charge in [0.1, 0.15) is 5.82 Å². The third-order valence-corrected chi connectivity index (χ3v) is 3.42. The van der Waals surface area contributed by atoms with Gasteiger partial charge in [0.2, 0.25) is 0 Å². The monoisotopic (exact) mass is 241 g/mol. The van der Waals surface area contributed by atoms with E-state index in [1.807, 2.05) is 0 Å². The lowest BCUT2D eigenvalue weighted by molar-refractivity contribution is 0.597. The van der Waals surface area contributed by atoms with Crippen molar-refractivity contribution in [3.63, 3.8) is 0 Å². The van der Waals surface area contributed by atoms with Crippen molar-refractivity contribution in [2.75, 3.05) is 0 Å². The molecule has 0 bridgehead atoms. The number of hydrogen-bond acceptors (Lipinski definition) is 1. The Morgan fingerprint density at radius 2 is 2.31 bits per heavy atom. The molecule has 2 atom stereocenters. The molecule has 2 rings (SSSR count). The summed E-state index contributed by atoms with van der Waals surface area (Å²) in [5.74, 6) is 0.501. The van der Waals surface area contributed by atoms with Gasteiger partial charge in [0.25, 0.3) is 0 Å². The quantitative estimate of drug-likeness (QED) is 0.828. The summed E-state index contributed by atoms with van der Waals surface area (Å²) < 4.78 is 12.9. The molecule has 0 spiro atoms. The van der Waals surface area contributed by atoms with Crippen LogP contribution in [0.4, 0.5) is 4.39 Å². The first kappa shape index (κ1) is 11.9. The summed E-state index contributed by atoms with van der Waals surface area (Å²) in [7, 11) is 0. The van der Waals surface area contributed by atoms with Crippen molar-refractivity contribution < 1.29 is 4.39 Å². The van der Waals surface area contributed by atoms with Gasteiger partial charge in [-0.2, -0.15) is 0 Å². The largest absolute Gasteiger partial charge is 0.310 e. The van der Waals surface area contributed by atoms with Gasteiger partial charge in [0.15, 0.2) is 0 Å². The van der Waals surface area contributed by atoms with Gasteiger partial charge < -0.3 is 5.32 Å². The first-order chi connectivity index (χ1) is 7.70. The van der Waals surface area contributed by atoms with E-state index in [9.17, 15) is 4.39 Å². The Morgan fingerprint density at radius 3 is 3.00 bits per heavy atom. The Balaban J connectivity index is 1.80. The van der Waals surface area contributed by atoms with Crippen molar-refractivity contribution in [2.24, 2.45) is 5.92 Å². The Morgan fingerprint density at radius 1 is 1.50 bits per heavy atom. The van der Waals surface area contributed by atoms with Gasteiger partial charge >= 0.3 is 0 Å². The Hall–Kier alpha value is -0.600. The summed E-state index contributed by atoms with van der Waals surface area (Å²) in [5.41, 5.74) is 1.05. The smallest absolute Gasteiger partial charge is 0.141 e. The molecule has 1 fully saturated rings. The van der Waals surface area contributed by atoms with Crippen LogP contribution in [-0.2, 0) is 6.54 Å². The van der Waals surface area contributed by atoms with E-state index < -0.39 is 0 Å². The molecular weight excluding hydrogens is 225 g/mol. The molecule has 1 N–H and O–H groups in total. The van der Waals surface area contributed by atoms with Crippen LogP contribution in [0.15, 0.2) is 18.2 Å². The fourth-order valence-corrected chi connectivity index (χ4v) is 2.29. The van der Waals surface area contributed by atoms with Gasteiger partial charge in [-0.05, 0) is 36.5 Å². The fraction of sp³-hybridized carbons (Fsp3) is 0.538. The van der Waals surface area contributed by atoms with Crippen LogP contribution >= 0.6 is 11.6 Å². The maximum absolute atomic E-state index is 12.9. The average molecular weight is 242 g/mol. The molecule has 2 unspecified atom stereocenters. The molecular formula is C13H17ClFN. The maximum atomic E-state index is 12.9. The molecule has 1 aromatic carbocycles. The second kappa shape index (κ2) is 5.15. The van der Waals surface area contributed by atoms with Crippen LogP contribution < -0.4 is 5.32 Å². The van der Waals surface area contributed by atoms with Gasteiger partial charge in [0, 0.05) is 12.6 Å². The van der Waals surface area contributed by atoms with Crippen LogP contribution in [0.3, 0.4) is 0 Å². The summed E-state index contributed by atoms with van der Waals surface area (Å²) in [5, 5.41) is 3.68. The molecule has 0 aliphatic heterocycles. The van der Waals surface area contributed by atoms with Gasteiger partial charge in [-0.3, -0.25) is 0 Å². The highest BCUT2D eigenvalue weighted by atomic mass is 35.5. The van der Waals surface area contributed by atoms with Crippen molar-refractivity contribution >= 4 is 11.6 Å². The second-order valence-electron chi connectivity index (χ2n) is 4.52. The van der Waals surface area contributed by atoms with E-state index in [1.54, 1.807) is 12.1 Å². The van der Waals surface area contributed by atoms with E-state index in [-0.39, 0.29) is 10.8 Å². The average Bonchev–Trinajstić information content (AvgIpc) is 2.99. The SMILES string of the molecule is CCCC1CC1NCc1ccc(F)c(Cl)c1.